The number of nitrogens with one attached hydrogen (secondary N) is 1. The average molecular weight is 281 g/mol. The van der Waals surface area contributed by atoms with Gasteiger partial charge in [-0.1, -0.05) is 19.1 Å². The second kappa shape index (κ2) is 7.87. The molecule has 0 amide bonds. The number of ether oxygens (including phenoxy) is 1. The fourth-order valence-electron chi connectivity index (χ4n) is 1.97. The number of benzene rings is 1. The molecular formula is C15H23NO4. The van der Waals surface area contributed by atoms with Crippen molar-refractivity contribution in [3.63, 3.8) is 0 Å². The molecule has 0 spiro atoms. The van der Waals surface area contributed by atoms with E-state index in [1.54, 1.807) is 31.4 Å². The predicted octanol–water partition coefficient (Wildman–Crippen LogP) is 1.96. The van der Waals surface area contributed by atoms with Crippen molar-refractivity contribution in [1.29, 1.82) is 0 Å². The third-order valence-corrected chi connectivity index (χ3v) is 3.34. The summed E-state index contributed by atoms with van der Waals surface area (Å²) in [6, 6.07) is 6.62. The van der Waals surface area contributed by atoms with Gasteiger partial charge in [-0.2, -0.15) is 0 Å². The minimum absolute atomic E-state index is 0.127. The van der Waals surface area contributed by atoms with Gasteiger partial charge in [0.25, 0.3) is 0 Å². The second-order valence-corrected chi connectivity index (χ2v) is 4.90. The first-order valence-corrected chi connectivity index (χ1v) is 6.77. The van der Waals surface area contributed by atoms with Crippen LogP contribution in [0.2, 0.25) is 0 Å². The molecule has 0 aliphatic carbocycles. The smallest absolute Gasteiger partial charge is 0.305 e. The number of aliphatic hydroxyl groups is 1. The van der Waals surface area contributed by atoms with Crippen LogP contribution in [0.1, 0.15) is 38.4 Å². The molecule has 0 aromatic heterocycles. The lowest BCUT2D eigenvalue weighted by atomic mass is 9.98. The van der Waals surface area contributed by atoms with Crippen LogP contribution < -0.4 is 10.1 Å². The van der Waals surface area contributed by atoms with E-state index >= 15 is 0 Å². The molecule has 0 saturated heterocycles. The first kappa shape index (κ1) is 16.5. The zero-order valence-corrected chi connectivity index (χ0v) is 12.2. The Labute approximate surface area is 119 Å². The normalized spacial score (nSPS) is 15.4. The first-order valence-electron chi connectivity index (χ1n) is 6.77. The molecule has 3 N–H and O–H groups in total. The van der Waals surface area contributed by atoms with Gasteiger partial charge in [-0.3, -0.25) is 4.79 Å². The van der Waals surface area contributed by atoms with Crippen molar-refractivity contribution < 1.29 is 19.7 Å². The number of carbonyl (C=O) groups is 1. The molecule has 20 heavy (non-hydrogen) atoms. The molecule has 0 bridgehead atoms. The number of carboxylic acids is 1. The lowest BCUT2D eigenvalue weighted by Gasteiger charge is -2.26. The molecule has 1 aromatic rings. The lowest BCUT2D eigenvalue weighted by molar-refractivity contribution is -0.138. The van der Waals surface area contributed by atoms with Crippen LogP contribution in [-0.2, 0) is 4.79 Å². The molecule has 0 radical (unpaired) electrons. The Morgan fingerprint density at radius 2 is 1.95 bits per heavy atom. The van der Waals surface area contributed by atoms with E-state index in [0.29, 0.717) is 11.3 Å². The van der Waals surface area contributed by atoms with Crippen LogP contribution in [0.3, 0.4) is 0 Å². The van der Waals surface area contributed by atoms with Gasteiger partial charge in [0.05, 0.1) is 19.6 Å². The van der Waals surface area contributed by atoms with Gasteiger partial charge in [0.1, 0.15) is 5.75 Å². The second-order valence-electron chi connectivity index (χ2n) is 4.90. The van der Waals surface area contributed by atoms with Gasteiger partial charge < -0.3 is 20.3 Å². The Morgan fingerprint density at radius 1 is 1.35 bits per heavy atom. The summed E-state index contributed by atoms with van der Waals surface area (Å²) >= 11 is 0. The van der Waals surface area contributed by atoms with Crippen molar-refractivity contribution in [3.8, 4) is 5.75 Å². The summed E-state index contributed by atoms with van der Waals surface area (Å²) in [5, 5.41) is 22.5. The minimum Gasteiger partial charge on any atom is -0.497 e. The van der Waals surface area contributed by atoms with Crippen molar-refractivity contribution in [1.82, 2.24) is 5.32 Å². The SMILES string of the molecule is CCC(C)NC(CC(=O)O)C(O)c1ccc(OC)cc1. The molecule has 112 valence electrons. The quantitative estimate of drug-likeness (QED) is 0.679. The molecular weight excluding hydrogens is 258 g/mol. The van der Waals surface area contributed by atoms with Crippen LogP contribution in [0.25, 0.3) is 0 Å². The first-order chi connectivity index (χ1) is 9.47. The van der Waals surface area contributed by atoms with Gasteiger partial charge in [0.15, 0.2) is 0 Å². The Bertz CT molecular complexity index is 418. The van der Waals surface area contributed by atoms with E-state index in [-0.39, 0.29) is 12.5 Å². The fraction of sp³-hybridized carbons (Fsp3) is 0.533. The molecule has 3 atom stereocenters. The highest BCUT2D eigenvalue weighted by Gasteiger charge is 2.24. The van der Waals surface area contributed by atoms with Gasteiger partial charge in [-0.25, -0.2) is 0 Å². The summed E-state index contributed by atoms with van der Waals surface area (Å²) < 4.78 is 5.06. The molecule has 0 aliphatic heterocycles. The van der Waals surface area contributed by atoms with Crippen LogP contribution >= 0.6 is 0 Å². The highest BCUT2D eigenvalue weighted by Crippen LogP contribution is 2.22. The van der Waals surface area contributed by atoms with Crippen LogP contribution in [0.15, 0.2) is 24.3 Å². The van der Waals surface area contributed by atoms with Crippen molar-refractivity contribution in [2.75, 3.05) is 7.11 Å². The van der Waals surface area contributed by atoms with E-state index in [0.717, 1.165) is 6.42 Å². The minimum atomic E-state index is -0.932. The lowest BCUT2D eigenvalue weighted by Crippen LogP contribution is -2.41. The van der Waals surface area contributed by atoms with Gasteiger partial charge >= 0.3 is 5.97 Å². The van der Waals surface area contributed by atoms with E-state index in [1.807, 2.05) is 13.8 Å². The summed E-state index contributed by atoms with van der Waals surface area (Å²) in [4.78, 5) is 10.9. The Balaban J connectivity index is 2.84. The van der Waals surface area contributed by atoms with Crippen molar-refractivity contribution in [2.45, 2.75) is 44.9 Å². The van der Waals surface area contributed by atoms with Crippen molar-refractivity contribution in [2.24, 2.45) is 0 Å². The Kier molecular flexibility index (Phi) is 6.48. The predicted molar refractivity (Wildman–Crippen MR) is 76.9 cm³/mol. The summed E-state index contributed by atoms with van der Waals surface area (Å²) in [5.41, 5.74) is 0.674. The fourth-order valence-corrected chi connectivity index (χ4v) is 1.97. The Hall–Kier alpha value is -1.59. The molecule has 5 nitrogen and oxygen atoms in total. The van der Waals surface area contributed by atoms with Crippen molar-refractivity contribution in [3.05, 3.63) is 29.8 Å². The van der Waals surface area contributed by atoms with Crippen LogP contribution in [-0.4, -0.2) is 35.4 Å². The third kappa shape index (κ3) is 4.83. The summed E-state index contributed by atoms with van der Waals surface area (Å²) in [6.07, 6.45) is -0.130. The molecule has 0 saturated carbocycles. The monoisotopic (exact) mass is 281 g/mol. The summed E-state index contributed by atoms with van der Waals surface area (Å²) in [7, 11) is 1.57. The van der Waals surface area contributed by atoms with E-state index in [1.165, 1.54) is 0 Å². The molecule has 0 heterocycles. The van der Waals surface area contributed by atoms with E-state index in [9.17, 15) is 9.90 Å². The van der Waals surface area contributed by atoms with Gasteiger partial charge in [0, 0.05) is 12.1 Å². The van der Waals surface area contributed by atoms with E-state index < -0.39 is 18.1 Å². The number of carboxylic acid groups (broad SMARTS) is 1. The maximum atomic E-state index is 10.9. The molecule has 1 rings (SSSR count). The zero-order chi connectivity index (χ0) is 15.1. The topological polar surface area (TPSA) is 78.8 Å². The maximum Gasteiger partial charge on any atom is 0.305 e. The highest BCUT2D eigenvalue weighted by molar-refractivity contribution is 5.67. The van der Waals surface area contributed by atoms with Crippen LogP contribution in [0.4, 0.5) is 0 Å². The van der Waals surface area contributed by atoms with Gasteiger partial charge in [-0.05, 0) is 31.0 Å². The summed E-state index contributed by atoms with van der Waals surface area (Å²) in [5.74, 6) is -0.232. The number of hydrogen-bond donors (Lipinski definition) is 3. The molecule has 0 fully saturated rings. The molecule has 3 unspecified atom stereocenters. The van der Waals surface area contributed by atoms with E-state index in [2.05, 4.69) is 5.32 Å². The number of hydrogen-bond acceptors (Lipinski definition) is 4. The highest BCUT2D eigenvalue weighted by atomic mass is 16.5. The average Bonchev–Trinajstić information content (AvgIpc) is 2.45. The van der Waals surface area contributed by atoms with Crippen LogP contribution in [0, 0.1) is 0 Å². The maximum absolute atomic E-state index is 10.9. The van der Waals surface area contributed by atoms with Crippen molar-refractivity contribution >= 4 is 5.97 Å². The zero-order valence-electron chi connectivity index (χ0n) is 12.2. The molecule has 1 aromatic carbocycles. The summed E-state index contributed by atoms with van der Waals surface area (Å²) in [6.45, 7) is 3.98. The Morgan fingerprint density at radius 3 is 2.40 bits per heavy atom. The number of aliphatic hydroxyl groups excluding tert-OH is 1. The van der Waals surface area contributed by atoms with Gasteiger partial charge in [-0.15, -0.1) is 0 Å². The number of rotatable bonds is 8. The molecule has 0 aliphatic rings. The largest absolute Gasteiger partial charge is 0.497 e. The van der Waals surface area contributed by atoms with E-state index in [4.69, 9.17) is 9.84 Å². The number of methoxy groups -OCH3 is 1. The van der Waals surface area contributed by atoms with Crippen LogP contribution in [0.5, 0.6) is 5.75 Å². The molecule has 5 heteroatoms. The third-order valence-electron chi connectivity index (χ3n) is 3.34. The van der Waals surface area contributed by atoms with Gasteiger partial charge in [0.2, 0.25) is 0 Å². The standard InChI is InChI=1S/C15H23NO4/c1-4-10(2)16-13(9-14(17)18)15(19)11-5-7-12(20-3)8-6-11/h5-8,10,13,15-16,19H,4,9H2,1-3H3,(H,17,18). The number of aliphatic carboxylic acids is 1.